The number of fused-ring (bicyclic) bond motifs is 3. The van der Waals surface area contributed by atoms with Crippen LogP contribution in [0.4, 0.5) is 10.5 Å². The number of H-pyrrole nitrogens is 1. The smallest absolute Gasteiger partial charge is 0.410 e. The largest absolute Gasteiger partial charge is 0.444 e. The van der Waals surface area contributed by atoms with Gasteiger partial charge in [0.1, 0.15) is 12.3 Å². The normalized spacial score (nSPS) is 20.2. The maximum absolute atomic E-state index is 14.2. The van der Waals surface area contributed by atoms with Crippen LogP contribution in [0.3, 0.4) is 0 Å². The van der Waals surface area contributed by atoms with Crippen LogP contribution < -0.4 is 4.31 Å². The minimum absolute atomic E-state index is 0.0349. The summed E-state index contributed by atoms with van der Waals surface area (Å²) in [7, 11) is -5.33. The SMILES string of the molecule is CC(C)(C)OC(=O)N1CCCC(CN2Cc3cc(Cl)c4c(Cl)c(I)[nH]c4c3N(COCC[Si](C)(C)C)S2(=O)=O)C1. The van der Waals surface area contributed by atoms with Crippen molar-refractivity contribution < 1.29 is 22.7 Å². The number of ether oxygens (including phenoxy) is 2. The number of hydrogen-bond donors (Lipinski definition) is 1. The lowest BCUT2D eigenvalue weighted by Crippen LogP contribution is -2.52. The molecule has 1 fully saturated rings. The van der Waals surface area contributed by atoms with Crippen molar-refractivity contribution in [2.75, 3.05) is 37.3 Å². The molecule has 1 aromatic heterocycles. The number of halogens is 3. The molecule has 0 saturated carbocycles. The molecular weight excluding hydrogens is 706 g/mol. The number of carbonyl (C=O) groups excluding carboxylic acids is 1. The van der Waals surface area contributed by atoms with E-state index < -0.39 is 23.9 Å². The van der Waals surface area contributed by atoms with Crippen LogP contribution in [0.1, 0.15) is 39.2 Å². The molecule has 4 rings (SSSR count). The molecule has 224 valence electrons. The van der Waals surface area contributed by atoms with Gasteiger partial charge in [0.15, 0.2) is 0 Å². The monoisotopic (exact) mass is 744 g/mol. The van der Waals surface area contributed by atoms with Crippen LogP contribution in [0.25, 0.3) is 10.9 Å². The molecule has 1 saturated heterocycles. The second-order valence-corrected chi connectivity index (χ2v) is 22.1. The first-order chi connectivity index (χ1) is 18.5. The van der Waals surface area contributed by atoms with Gasteiger partial charge in [-0.25, -0.2) is 9.10 Å². The van der Waals surface area contributed by atoms with Gasteiger partial charge < -0.3 is 19.4 Å². The molecule has 3 heterocycles. The van der Waals surface area contributed by atoms with E-state index in [4.69, 9.17) is 32.7 Å². The number of hydrogen-bond acceptors (Lipinski definition) is 5. The van der Waals surface area contributed by atoms with Crippen molar-refractivity contribution in [2.24, 2.45) is 5.92 Å². The van der Waals surface area contributed by atoms with Crippen molar-refractivity contribution in [2.45, 2.75) is 71.4 Å². The van der Waals surface area contributed by atoms with E-state index in [1.54, 1.807) is 11.0 Å². The number of anilines is 1. The van der Waals surface area contributed by atoms with Crippen molar-refractivity contribution in [1.82, 2.24) is 14.2 Å². The molecule has 1 atom stereocenters. The number of aromatic nitrogens is 1. The number of amides is 1. The molecule has 0 spiro atoms. The minimum Gasteiger partial charge on any atom is -0.444 e. The minimum atomic E-state index is -3.96. The van der Waals surface area contributed by atoms with Gasteiger partial charge in [0, 0.05) is 46.2 Å². The molecule has 2 aliphatic heterocycles. The first-order valence-electron chi connectivity index (χ1n) is 13.5. The van der Waals surface area contributed by atoms with E-state index in [0.717, 1.165) is 24.4 Å². The van der Waals surface area contributed by atoms with Crippen LogP contribution in [-0.4, -0.2) is 75.3 Å². The average molecular weight is 746 g/mol. The molecule has 1 N–H and O–H groups in total. The second kappa shape index (κ2) is 12.1. The van der Waals surface area contributed by atoms with Crippen molar-refractivity contribution in [3.63, 3.8) is 0 Å². The Morgan fingerprint density at radius 3 is 2.60 bits per heavy atom. The van der Waals surface area contributed by atoms with E-state index >= 15 is 0 Å². The summed E-state index contributed by atoms with van der Waals surface area (Å²) in [6.07, 6.45) is 1.23. The molecule has 0 bridgehead atoms. The Hall–Kier alpha value is -0.773. The predicted octanol–water partition coefficient (Wildman–Crippen LogP) is 6.91. The lowest BCUT2D eigenvalue weighted by atomic mass is 9.98. The van der Waals surface area contributed by atoms with Crippen LogP contribution in [0.5, 0.6) is 0 Å². The van der Waals surface area contributed by atoms with Crippen molar-refractivity contribution in [1.29, 1.82) is 0 Å². The molecule has 1 unspecified atom stereocenters. The third kappa shape index (κ3) is 7.23. The second-order valence-electron chi connectivity index (χ2n) is 12.8. The number of carbonyl (C=O) groups is 1. The van der Waals surface area contributed by atoms with Crippen molar-refractivity contribution in [3.05, 3.63) is 25.4 Å². The first-order valence-corrected chi connectivity index (χ1v) is 20.4. The standard InChI is InChI=1S/C26H39Cl2IN4O5SSi/c1-26(2,3)38-25(34)31-9-7-8-17(13-31)14-32-15-18-12-19(27)20-21(28)24(29)30-22(20)23(18)33(39(32,35)36)16-37-10-11-40(4,5)6/h12,17,30H,7-11,13-16H2,1-6H3. The summed E-state index contributed by atoms with van der Waals surface area (Å²) in [6, 6.07) is 2.72. The maximum Gasteiger partial charge on any atom is 0.410 e. The molecule has 1 amide bonds. The van der Waals surface area contributed by atoms with E-state index in [-0.39, 0.29) is 31.8 Å². The maximum atomic E-state index is 14.2. The zero-order valence-corrected chi connectivity index (χ0v) is 29.4. The lowest BCUT2D eigenvalue weighted by Gasteiger charge is -2.40. The number of nitrogens with one attached hydrogen (secondary N) is 1. The van der Waals surface area contributed by atoms with Gasteiger partial charge in [0.05, 0.1) is 25.0 Å². The number of nitrogens with zero attached hydrogens (tertiary/aromatic N) is 3. The Kier molecular flexibility index (Phi) is 9.71. The van der Waals surface area contributed by atoms with E-state index in [0.29, 0.717) is 50.0 Å². The molecule has 2 aliphatic rings. The van der Waals surface area contributed by atoms with Crippen molar-refractivity contribution in [3.8, 4) is 0 Å². The Labute approximate surface area is 262 Å². The van der Waals surface area contributed by atoms with Gasteiger partial charge in [-0.3, -0.25) is 0 Å². The van der Waals surface area contributed by atoms with E-state index in [9.17, 15) is 13.2 Å². The van der Waals surface area contributed by atoms with Gasteiger partial charge in [-0.1, -0.05) is 42.8 Å². The molecule has 2 aromatic rings. The highest BCUT2D eigenvalue weighted by Gasteiger charge is 2.41. The van der Waals surface area contributed by atoms with Gasteiger partial charge in [0.2, 0.25) is 0 Å². The molecular formula is C26H39Cl2IN4O5SSi. The highest BCUT2D eigenvalue weighted by atomic mass is 127. The summed E-state index contributed by atoms with van der Waals surface area (Å²) in [5.74, 6) is -0.0349. The quantitative estimate of drug-likeness (QED) is 0.189. The summed E-state index contributed by atoms with van der Waals surface area (Å²) in [5.41, 5.74) is 1.29. The zero-order valence-electron chi connectivity index (χ0n) is 23.9. The predicted molar refractivity (Wildman–Crippen MR) is 172 cm³/mol. The number of aromatic amines is 1. The number of piperidine rings is 1. The topological polar surface area (TPSA) is 95.2 Å². The molecule has 0 aliphatic carbocycles. The van der Waals surface area contributed by atoms with E-state index in [2.05, 4.69) is 47.2 Å². The summed E-state index contributed by atoms with van der Waals surface area (Å²) < 4.78 is 43.4. The summed E-state index contributed by atoms with van der Waals surface area (Å²) in [4.78, 5) is 17.7. The Balaban J connectivity index is 1.64. The Bertz CT molecular complexity index is 1380. The van der Waals surface area contributed by atoms with E-state index in [1.165, 1.54) is 8.61 Å². The third-order valence-electron chi connectivity index (χ3n) is 7.02. The summed E-state index contributed by atoms with van der Waals surface area (Å²) in [5, 5.41) is 1.53. The van der Waals surface area contributed by atoms with Gasteiger partial charge in [0.25, 0.3) is 0 Å². The van der Waals surface area contributed by atoms with Crippen LogP contribution >= 0.6 is 45.8 Å². The van der Waals surface area contributed by atoms with Gasteiger partial charge >= 0.3 is 16.3 Å². The fraction of sp³-hybridized carbons (Fsp3) is 0.654. The number of rotatable bonds is 7. The zero-order chi connectivity index (χ0) is 29.6. The first kappa shape index (κ1) is 32.1. The number of benzene rings is 1. The molecule has 40 heavy (non-hydrogen) atoms. The van der Waals surface area contributed by atoms with Crippen LogP contribution in [-0.2, 0) is 26.2 Å². The lowest BCUT2D eigenvalue weighted by molar-refractivity contribution is 0.0156. The van der Waals surface area contributed by atoms with Gasteiger partial charge in [-0.15, -0.1) is 0 Å². The molecule has 0 radical (unpaired) electrons. The van der Waals surface area contributed by atoms with Crippen LogP contribution in [0.2, 0.25) is 35.7 Å². The Morgan fingerprint density at radius 2 is 1.95 bits per heavy atom. The van der Waals surface area contributed by atoms with E-state index in [1.807, 2.05) is 20.8 Å². The summed E-state index contributed by atoms with van der Waals surface area (Å²) in [6.45, 7) is 14.1. The molecule has 1 aromatic carbocycles. The fourth-order valence-corrected chi connectivity index (χ4v) is 8.58. The highest BCUT2D eigenvalue weighted by Crippen LogP contribution is 2.45. The average Bonchev–Trinajstić information content (AvgIpc) is 3.12. The van der Waals surface area contributed by atoms with Crippen LogP contribution in [0, 0.1) is 9.62 Å². The highest BCUT2D eigenvalue weighted by molar-refractivity contribution is 14.1. The Morgan fingerprint density at radius 1 is 1.25 bits per heavy atom. The third-order valence-corrected chi connectivity index (χ3v) is 12.3. The number of likely N-dealkylation sites (tertiary alicyclic amines) is 1. The molecule has 14 heteroatoms. The van der Waals surface area contributed by atoms with Crippen LogP contribution in [0.15, 0.2) is 6.07 Å². The van der Waals surface area contributed by atoms with Gasteiger partial charge in [-0.05, 0) is 79.8 Å². The van der Waals surface area contributed by atoms with Gasteiger partial charge in [-0.2, -0.15) is 12.7 Å². The van der Waals surface area contributed by atoms with Crippen molar-refractivity contribution >= 4 is 86.8 Å². The molecule has 9 nitrogen and oxygen atoms in total. The fourth-order valence-electron chi connectivity index (χ4n) is 5.04. The summed E-state index contributed by atoms with van der Waals surface area (Å²) >= 11 is 15.3.